The van der Waals surface area contributed by atoms with Crippen LogP contribution in [0.2, 0.25) is 0 Å². The molecule has 1 unspecified atom stereocenters. The summed E-state index contributed by atoms with van der Waals surface area (Å²) < 4.78 is 0. The first kappa shape index (κ1) is 17.8. The van der Waals surface area contributed by atoms with Crippen molar-refractivity contribution in [3.63, 3.8) is 0 Å². The number of carbonyl (C=O) groups is 3. The van der Waals surface area contributed by atoms with Crippen LogP contribution in [0.25, 0.3) is 10.9 Å². The summed E-state index contributed by atoms with van der Waals surface area (Å²) in [6.45, 7) is 1.63. The number of benzene rings is 2. The third-order valence-electron chi connectivity index (χ3n) is 5.07. The van der Waals surface area contributed by atoms with Gasteiger partial charge in [-0.05, 0) is 30.5 Å². The van der Waals surface area contributed by atoms with Crippen molar-refractivity contribution in [2.75, 3.05) is 0 Å². The van der Waals surface area contributed by atoms with Crippen LogP contribution < -0.4 is 10.7 Å². The number of para-hydroxylation sites is 1. The van der Waals surface area contributed by atoms with Crippen molar-refractivity contribution in [3.8, 4) is 0 Å². The molecule has 0 bridgehead atoms. The summed E-state index contributed by atoms with van der Waals surface area (Å²) in [6.07, 6.45) is 2.52. The fourth-order valence-electron chi connectivity index (χ4n) is 3.47. The van der Waals surface area contributed by atoms with E-state index in [1.807, 2.05) is 36.5 Å². The summed E-state index contributed by atoms with van der Waals surface area (Å²) in [7, 11) is 0. The fourth-order valence-corrected chi connectivity index (χ4v) is 3.47. The molecule has 1 saturated heterocycles. The summed E-state index contributed by atoms with van der Waals surface area (Å²) in [5, 5.41) is 4.49. The van der Waals surface area contributed by atoms with E-state index in [1.54, 1.807) is 31.2 Å². The first-order valence-electron chi connectivity index (χ1n) is 9.06. The lowest BCUT2D eigenvalue weighted by Gasteiger charge is -2.22. The largest absolute Gasteiger partial charge is 0.361 e. The molecule has 1 fully saturated rings. The molecule has 2 aromatic carbocycles. The second-order valence-corrected chi connectivity index (χ2v) is 6.96. The number of nitrogens with one attached hydrogen (secondary N) is 3. The van der Waals surface area contributed by atoms with E-state index in [1.165, 1.54) is 0 Å². The number of hydrazine groups is 1. The molecule has 7 heteroatoms. The van der Waals surface area contributed by atoms with Crippen molar-refractivity contribution in [3.05, 3.63) is 71.9 Å². The van der Waals surface area contributed by atoms with Crippen molar-refractivity contribution in [2.45, 2.75) is 25.3 Å². The zero-order chi connectivity index (χ0) is 19.7. The van der Waals surface area contributed by atoms with Crippen LogP contribution in [0.4, 0.5) is 4.79 Å². The minimum absolute atomic E-state index is 0.154. The Labute approximate surface area is 161 Å². The number of aromatic nitrogens is 1. The first-order valence-corrected chi connectivity index (χ1v) is 9.06. The molecule has 1 aromatic heterocycles. The number of imide groups is 1. The average Bonchev–Trinajstić information content (AvgIpc) is 3.22. The Balaban J connectivity index is 1.43. The molecule has 0 saturated carbocycles. The van der Waals surface area contributed by atoms with Crippen LogP contribution in [0.3, 0.4) is 0 Å². The number of aryl methyl sites for hydroxylation is 1. The van der Waals surface area contributed by atoms with Gasteiger partial charge < -0.3 is 10.3 Å². The number of nitrogens with zero attached hydrogens (tertiary/aromatic N) is 1. The lowest BCUT2D eigenvalue weighted by atomic mass is 9.92. The van der Waals surface area contributed by atoms with Crippen LogP contribution in [-0.4, -0.2) is 27.8 Å². The van der Waals surface area contributed by atoms with E-state index < -0.39 is 23.4 Å². The van der Waals surface area contributed by atoms with Crippen molar-refractivity contribution in [1.29, 1.82) is 0 Å². The first-order chi connectivity index (χ1) is 13.5. The maximum atomic E-state index is 12.8. The summed E-state index contributed by atoms with van der Waals surface area (Å²) in [6, 6.07) is 16.1. The summed E-state index contributed by atoms with van der Waals surface area (Å²) >= 11 is 0. The number of hydrogen-bond donors (Lipinski definition) is 3. The van der Waals surface area contributed by atoms with Crippen LogP contribution in [0.5, 0.6) is 0 Å². The van der Waals surface area contributed by atoms with E-state index in [4.69, 9.17) is 0 Å². The van der Waals surface area contributed by atoms with Gasteiger partial charge in [0, 0.05) is 23.5 Å². The molecular weight excluding hydrogens is 356 g/mol. The molecule has 0 spiro atoms. The predicted octanol–water partition coefficient (Wildman–Crippen LogP) is 2.60. The zero-order valence-electron chi connectivity index (χ0n) is 15.4. The van der Waals surface area contributed by atoms with E-state index in [-0.39, 0.29) is 6.42 Å². The number of rotatable bonds is 5. The smallest absolute Gasteiger partial charge is 0.344 e. The van der Waals surface area contributed by atoms with Gasteiger partial charge in [-0.1, -0.05) is 48.5 Å². The summed E-state index contributed by atoms with van der Waals surface area (Å²) in [5.41, 5.74) is 3.90. The Kier molecular flexibility index (Phi) is 4.35. The highest BCUT2D eigenvalue weighted by Crippen LogP contribution is 2.27. The second kappa shape index (κ2) is 6.84. The van der Waals surface area contributed by atoms with Gasteiger partial charge in [-0.2, -0.15) is 5.01 Å². The number of amides is 4. The van der Waals surface area contributed by atoms with Gasteiger partial charge in [-0.3, -0.25) is 15.0 Å². The number of hydrogen-bond acceptors (Lipinski definition) is 3. The highest BCUT2D eigenvalue weighted by Gasteiger charge is 2.49. The van der Waals surface area contributed by atoms with Crippen LogP contribution in [-0.2, 0) is 21.5 Å². The quantitative estimate of drug-likeness (QED) is 0.598. The lowest BCUT2D eigenvalue weighted by Crippen LogP contribution is -2.48. The molecule has 142 valence electrons. The van der Waals surface area contributed by atoms with Gasteiger partial charge in [0.15, 0.2) is 0 Å². The van der Waals surface area contributed by atoms with E-state index in [9.17, 15) is 14.4 Å². The number of carbonyl (C=O) groups excluding carboxylic acids is 3. The highest BCUT2D eigenvalue weighted by atomic mass is 16.2. The van der Waals surface area contributed by atoms with E-state index in [0.717, 1.165) is 21.5 Å². The SMILES string of the molecule is CC1(c2ccccc2)NC(=O)N(NC(=O)CCc2c[nH]c3ccccc23)C1=O. The molecule has 0 aliphatic carbocycles. The highest BCUT2D eigenvalue weighted by molar-refractivity contribution is 6.08. The van der Waals surface area contributed by atoms with Crippen LogP contribution >= 0.6 is 0 Å². The second-order valence-electron chi connectivity index (χ2n) is 6.96. The molecule has 0 radical (unpaired) electrons. The van der Waals surface area contributed by atoms with Crippen molar-refractivity contribution in [1.82, 2.24) is 20.7 Å². The van der Waals surface area contributed by atoms with E-state index >= 15 is 0 Å². The Morgan fingerprint density at radius 1 is 1.07 bits per heavy atom. The topological polar surface area (TPSA) is 94.3 Å². The normalized spacial score (nSPS) is 19.1. The Morgan fingerprint density at radius 2 is 1.79 bits per heavy atom. The van der Waals surface area contributed by atoms with Crippen LogP contribution in [0, 0.1) is 0 Å². The lowest BCUT2D eigenvalue weighted by molar-refractivity contribution is -0.138. The predicted molar refractivity (Wildman–Crippen MR) is 104 cm³/mol. The zero-order valence-corrected chi connectivity index (χ0v) is 15.4. The van der Waals surface area contributed by atoms with Gasteiger partial charge in [0.25, 0.3) is 5.91 Å². The minimum atomic E-state index is -1.21. The monoisotopic (exact) mass is 376 g/mol. The molecule has 1 aliphatic rings. The fraction of sp³-hybridized carbons (Fsp3) is 0.190. The van der Waals surface area contributed by atoms with Gasteiger partial charge in [-0.25, -0.2) is 4.79 Å². The summed E-state index contributed by atoms with van der Waals surface area (Å²) in [5.74, 6) is -0.907. The van der Waals surface area contributed by atoms with E-state index in [2.05, 4.69) is 15.7 Å². The minimum Gasteiger partial charge on any atom is -0.361 e. The van der Waals surface area contributed by atoms with Crippen molar-refractivity contribution in [2.24, 2.45) is 0 Å². The van der Waals surface area contributed by atoms with Gasteiger partial charge >= 0.3 is 6.03 Å². The third kappa shape index (κ3) is 3.00. The van der Waals surface area contributed by atoms with Gasteiger partial charge in [0.1, 0.15) is 5.54 Å². The van der Waals surface area contributed by atoms with Crippen molar-refractivity contribution < 1.29 is 14.4 Å². The van der Waals surface area contributed by atoms with Crippen LogP contribution in [0.1, 0.15) is 24.5 Å². The number of fused-ring (bicyclic) bond motifs is 1. The maximum Gasteiger partial charge on any atom is 0.344 e. The number of urea groups is 1. The Hall–Kier alpha value is -3.61. The molecule has 4 rings (SSSR count). The molecule has 28 heavy (non-hydrogen) atoms. The molecule has 4 amide bonds. The standard InChI is InChI=1S/C21H20N4O3/c1-21(15-7-3-2-4-8-15)19(27)25(20(28)23-21)24-18(26)12-11-14-13-22-17-10-6-5-9-16(14)17/h2-10,13,22H,11-12H2,1H3,(H,23,28)(H,24,26). The van der Waals surface area contributed by atoms with Crippen LogP contribution in [0.15, 0.2) is 60.8 Å². The molecular formula is C21H20N4O3. The molecule has 1 atom stereocenters. The Bertz CT molecular complexity index is 1060. The molecule has 3 aromatic rings. The van der Waals surface area contributed by atoms with Crippen molar-refractivity contribution >= 4 is 28.7 Å². The third-order valence-corrected chi connectivity index (χ3v) is 5.07. The van der Waals surface area contributed by atoms with Gasteiger partial charge in [0.05, 0.1) is 0 Å². The molecule has 3 N–H and O–H groups in total. The average molecular weight is 376 g/mol. The molecule has 7 nitrogen and oxygen atoms in total. The summed E-state index contributed by atoms with van der Waals surface area (Å²) in [4.78, 5) is 40.6. The maximum absolute atomic E-state index is 12.8. The van der Waals surface area contributed by atoms with Gasteiger partial charge in [-0.15, -0.1) is 0 Å². The number of aromatic amines is 1. The number of H-pyrrole nitrogens is 1. The molecule has 2 heterocycles. The van der Waals surface area contributed by atoms with E-state index in [0.29, 0.717) is 12.0 Å². The van der Waals surface area contributed by atoms with Gasteiger partial charge in [0.2, 0.25) is 5.91 Å². The molecule has 1 aliphatic heterocycles. The Morgan fingerprint density at radius 3 is 2.57 bits per heavy atom.